The van der Waals surface area contributed by atoms with Crippen LogP contribution in [-0.2, 0) is 19.1 Å². The van der Waals surface area contributed by atoms with Crippen LogP contribution in [0.15, 0.2) is 0 Å². The minimum Gasteiger partial charge on any atom is -0.459 e. The summed E-state index contributed by atoms with van der Waals surface area (Å²) >= 11 is 0. The van der Waals surface area contributed by atoms with Gasteiger partial charge in [0, 0.05) is 6.42 Å². The molecule has 0 N–H and O–H groups in total. The average molecular weight is 366 g/mol. The van der Waals surface area contributed by atoms with Gasteiger partial charge in [-0.1, -0.05) is 20.3 Å². The monoisotopic (exact) mass is 366 g/mol. The topological polar surface area (TPSA) is 52.6 Å². The van der Waals surface area contributed by atoms with E-state index in [1.165, 1.54) is 0 Å². The molecule has 1 rings (SSSR count). The number of carbonyl (C=O) groups is 2. The van der Waals surface area contributed by atoms with Gasteiger partial charge >= 0.3 is 18.1 Å². The van der Waals surface area contributed by atoms with Gasteiger partial charge in [-0.05, 0) is 51.9 Å². The average Bonchev–Trinajstić information content (AvgIpc) is 2.53. The first-order chi connectivity index (χ1) is 11.6. The van der Waals surface area contributed by atoms with Gasteiger partial charge in [-0.2, -0.15) is 13.2 Å². The summed E-state index contributed by atoms with van der Waals surface area (Å²) in [5.74, 6) is -1.29. The van der Waals surface area contributed by atoms with Crippen molar-refractivity contribution in [3.63, 3.8) is 0 Å². The predicted octanol–water partition coefficient (Wildman–Crippen LogP) is 4.94. The quantitative estimate of drug-likeness (QED) is 0.571. The number of carbonyl (C=O) groups excluding carboxylic acids is 2. The molecule has 1 saturated carbocycles. The summed E-state index contributed by atoms with van der Waals surface area (Å²) in [4.78, 5) is 23.8. The molecular weight excluding hydrogens is 337 g/mol. The fourth-order valence-corrected chi connectivity index (χ4v) is 2.96. The molecule has 0 radical (unpaired) electrons. The highest BCUT2D eigenvalue weighted by molar-refractivity contribution is 5.72. The van der Waals surface area contributed by atoms with Crippen molar-refractivity contribution in [3.8, 4) is 0 Å². The van der Waals surface area contributed by atoms with Crippen LogP contribution in [0.25, 0.3) is 0 Å². The van der Waals surface area contributed by atoms with Crippen molar-refractivity contribution < 1.29 is 32.2 Å². The minimum absolute atomic E-state index is 0.108. The molecule has 0 aromatic heterocycles. The molecule has 0 spiro atoms. The summed E-state index contributed by atoms with van der Waals surface area (Å²) in [7, 11) is 0. The molecule has 0 heterocycles. The lowest BCUT2D eigenvalue weighted by Crippen LogP contribution is -2.39. The number of hydrogen-bond acceptors (Lipinski definition) is 4. The van der Waals surface area contributed by atoms with E-state index < -0.39 is 23.9 Å². The van der Waals surface area contributed by atoms with E-state index in [0.717, 1.165) is 39.0 Å². The first kappa shape index (κ1) is 21.8. The molecule has 25 heavy (non-hydrogen) atoms. The van der Waals surface area contributed by atoms with E-state index in [2.05, 4.69) is 4.74 Å². The largest absolute Gasteiger partial charge is 0.459 e. The third-order valence-electron chi connectivity index (χ3n) is 4.88. The summed E-state index contributed by atoms with van der Waals surface area (Å²) in [5, 5.41) is 0. The van der Waals surface area contributed by atoms with E-state index in [0.29, 0.717) is 19.3 Å². The lowest BCUT2D eigenvalue weighted by molar-refractivity contribution is -0.216. The summed E-state index contributed by atoms with van der Waals surface area (Å²) in [6.07, 6.45) is -0.799. The number of rotatable bonds is 8. The molecule has 0 amide bonds. The van der Waals surface area contributed by atoms with Crippen LogP contribution in [0.3, 0.4) is 0 Å². The van der Waals surface area contributed by atoms with Gasteiger partial charge in [0.15, 0.2) is 6.10 Å². The fourth-order valence-electron chi connectivity index (χ4n) is 2.96. The van der Waals surface area contributed by atoms with E-state index in [9.17, 15) is 22.8 Å². The van der Waals surface area contributed by atoms with Crippen LogP contribution in [0.2, 0.25) is 0 Å². The molecule has 1 fully saturated rings. The Kier molecular flexibility index (Phi) is 8.22. The van der Waals surface area contributed by atoms with Crippen LogP contribution in [0.4, 0.5) is 13.2 Å². The standard InChI is InChI=1S/C18H29F3O4/c1-4-13(2)16(23)25-17(10-6-5-7-11-17)12-8-9-15(22)24-14(3)18(19,20)21/h13-14H,4-12H2,1-3H3. The normalized spacial score (nSPS) is 19.8. The SMILES string of the molecule is CCC(C)C(=O)OC1(CCCC(=O)OC(C)C(F)(F)F)CCCCC1. The molecule has 0 saturated heterocycles. The molecule has 0 aromatic carbocycles. The zero-order valence-electron chi connectivity index (χ0n) is 15.3. The third kappa shape index (κ3) is 7.24. The Morgan fingerprint density at radius 3 is 2.24 bits per heavy atom. The van der Waals surface area contributed by atoms with Crippen molar-refractivity contribution in [2.24, 2.45) is 5.92 Å². The Balaban J connectivity index is 2.53. The summed E-state index contributed by atoms with van der Waals surface area (Å²) in [5.41, 5.74) is -0.589. The first-order valence-corrected chi connectivity index (χ1v) is 9.08. The lowest BCUT2D eigenvalue weighted by atomic mass is 9.81. The molecule has 2 unspecified atom stereocenters. The Bertz CT molecular complexity index is 442. The molecule has 4 nitrogen and oxygen atoms in total. The van der Waals surface area contributed by atoms with E-state index in [1.54, 1.807) is 0 Å². The lowest BCUT2D eigenvalue weighted by Gasteiger charge is -2.37. The molecule has 1 aliphatic rings. The molecule has 0 aliphatic heterocycles. The Labute approximate surface area is 147 Å². The zero-order chi connectivity index (χ0) is 19.1. The van der Waals surface area contributed by atoms with Gasteiger partial charge in [-0.15, -0.1) is 0 Å². The highest BCUT2D eigenvalue weighted by atomic mass is 19.4. The highest BCUT2D eigenvalue weighted by Crippen LogP contribution is 2.37. The molecule has 146 valence electrons. The van der Waals surface area contributed by atoms with E-state index in [-0.39, 0.29) is 18.3 Å². The van der Waals surface area contributed by atoms with E-state index >= 15 is 0 Å². The summed E-state index contributed by atoms with van der Waals surface area (Å²) in [6.45, 7) is 4.54. The van der Waals surface area contributed by atoms with Crippen molar-refractivity contribution in [3.05, 3.63) is 0 Å². The Hall–Kier alpha value is -1.27. The number of halogens is 3. The third-order valence-corrected chi connectivity index (χ3v) is 4.88. The molecule has 7 heteroatoms. The Morgan fingerprint density at radius 1 is 1.12 bits per heavy atom. The van der Waals surface area contributed by atoms with E-state index in [4.69, 9.17) is 4.74 Å². The minimum atomic E-state index is -4.55. The number of hydrogen-bond donors (Lipinski definition) is 0. The number of alkyl halides is 3. The van der Waals surface area contributed by atoms with Gasteiger partial charge in [0.2, 0.25) is 0 Å². The van der Waals surface area contributed by atoms with Crippen LogP contribution in [0.5, 0.6) is 0 Å². The molecule has 1 aliphatic carbocycles. The molecule has 0 bridgehead atoms. The maximum Gasteiger partial charge on any atom is 0.425 e. The van der Waals surface area contributed by atoms with Crippen molar-refractivity contribution >= 4 is 11.9 Å². The Morgan fingerprint density at radius 2 is 1.72 bits per heavy atom. The van der Waals surface area contributed by atoms with E-state index in [1.807, 2.05) is 13.8 Å². The van der Waals surface area contributed by atoms with Gasteiger partial charge < -0.3 is 9.47 Å². The zero-order valence-corrected chi connectivity index (χ0v) is 15.3. The van der Waals surface area contributed by atoms with Gasteiger partial charge in [0.05, 0.1) is 5.92 Å². The van der Waals surface area contributed by atoms with Crippen LogP contribution >= 0.6 is 0 Å². The predicted molar refractivity (Wildman–Crippen MR) is 86.8 cm³/mol. The molecule has 2 atom stereocenters. The van der Waals surface area contributed by atoms with Crippen molar-refractivity contribution in [2.45, 2.75) is 96.4 Å². The highest BCUT2D eigenvalue weighted by Gasteiger charge is 2.39. The molecule has 0 aromatic rings. The summed E-state index contributed by atoms with van der Waals surface area (Å²) < 4.78 is 47.4. The van der Waals surface area contributed by atoms with Crippen molar-refractivity contribution in [1.29, 1.82) is 0 Å². The maximum atomic E-state index is 12.4. The second-order valence-corrected chi connectivity index (χ2v) is 7.00. The van der Waals surface area contributed by atoms with Crippen LogP contribution in [0.1, 0.15) is 78.6 Å². The number of ether oxygens (including phenoxy) is 2. The first-order valence-electron chi connectivity index (χ1n) is 9.08. The smallest absolute Gasteiger partial charge is 0.425 e. The summed E-state index contributed by atoms with van der Waals surface area (Å²) in [6, 6.07) is 0. The van der Waals surface area contributed by atoms with Gasteiger partial charge in [-0.3, -0.25) is 9.59 Å². The second-order valence-electron chi connectivity index (χ2n) is 7.00. The maximum absolute atomic E-state index is 12.4. The van der Waals surface area contributed by atoms with Crippen LogP contribution in [0, 0.1) is 5.92 Å². The fraction of sp³-hybridized carbons (Fsp3) is 0.889. The molecular formula is C18H29F3O4. The number of esters is 2. The van der Waals surface area contributed by atoms with Crippen molar-refractivity contribution in [2.75, 3.05) is 0 Å². The van der Waals surface area contributed by atoms with Crippen LogP contribution in [-0.4, -0.2) is 29.8 Å². The van der Waals surface area contributed by atoms with Gasteiger partial charge in [0.1, 0.15) is 5.60 Å². The van der Waals surface area contributed by atoms with Crippen molar-refractivity contribution in [1.82, 2.24) is 0 Å². The second kappa shape index (κ2) is 9.43. The van der Waals surface area contributed by atoms with Crippen LogP contribution < -0.4 is 0 Å². The van der Waals surface area contributed by atoms with Gasteiger partial charge in [0.25, 0.3) is 0 Å². The van der Waals surface area contributed by atoms with Gasteiger partial charge in [-0.25, -0.2) is 0 Å².